The van der Waals surface area contributed by atoms with Gasteiger partial charge in [-0.05, 0) is 30.3 Å². The van der Waals surface area contributed by atoms with Crippen molar-refractivity contribution in [3.63, 3.8) is 0 Å². The molecule has 0 atom stereocenters. The fourth-order valence-corrected chi connectivity index (χ4v) is 3.24. The Balaban J connectivity index is 2.11. The molecule has 0 aromatic heterocycles. The van der Waals surface area contributed by atoms with E-state index in [1.807, 2.05) is 24.3 Å². The van der Waals surface area contributed by atoms with E-state index < -0.39 is 11.7 Å². The van der Waals surface area contributed by atoms with Crippen molar-refractivity contribution < 1.29 is 13.2 Å². The van der Waals surface area contributed by atoms with E-state index in [1.54, 1.807) is 11.9 Å². The Bertz CT molecular complexity index is 637. The van der Waals surface area contributed by atoms with Gasteiger partial charge in [0.1, 0.15) is 0 Å². The topological polar surface area (TPSA) is 3.24 Å². The van der Waals surface area contributed by atoms with Crippen LogP contribution >= 0.6 is 11.8 Å². The minimum Gasteiger partial charge on any atom is -0.343 e. The molecule has 0 bridgehead atoms. The summed E-state index contributed by atoms with van der Waals surface area (Å²) in [4.78, 5) is 3.70. The lowest BCUT2D eigenvalue weighted by Crippen LogP contribution is -2.16. The second-order valence-corrected chi connectivity index (χ2v) is 5.39. The molecule has 0 fully saturated rings. The van der Waals surface area contributed by atoms with Crippen LogP contribution in [0.2, 0.25) is 0 Å². The number of para-hydroxylation sites is 1. The molecule has 0 aliphatic carbocycles. The fraction of sp³-hybridized carbons (Fsp3) is 0.143. The van der Waals surface area contributed by atoms with Gasteiger partial charge in [0.25, 0.3) is 0 Å². The number of fused-ring (bicyclic) bond motifs is 2. The number of benzene rings is 2. The standard InChI is InChI=1S/C14H10F3NS/c1-18-10-4-2-3-5-12(10)19-13-7-6-9(8-11(13)18)14(15,16)17/h2-8H,1H3. The molecule has 0 saturated carbocycles. The van der Waals surface area contributed by atoms with Crippen LogP contribution in [-0.2, 0) is 6.18 Å². The lowest BCUT2D eigenvalue weighted by atomic mass is 10.1. The van der Waals surface area contributed by atoms with Crippen LogP contribution in [-0.4, -0.2) is 7.05 Å². The molecular formula is C14H10F3NS. The van der Waals surface area contributed by atoms with Gasteiger partial charge in [-0.15, -0.1) is 0 Å². The first-order valence-electron chi connectivity index (χ1n) is 5.69. The molecule has 5 heteroatoms. The van der Waals surface area contributed by atoms with Gasteiger partial charge in [0.2, 0.25) is 0 Å². The van der Waals surface area contributed by atoms with Crippen LogP contribution in [0, 0.1) is 0 Å². The lowest BCUT2D eigenvalue weighted by molar-refractivity contribution is -0.137. The fourth-order valence-electron chi connectivity index (χ4n) is 2.11. The molecule has 2 aromatic carbocycles. The highest BCUT2D eigenvalue weighted by molar-refractivity contribution is 7.99. The largest absolute Gasteiger partial charge is 0.416 e. The highest BCUT2D eigenvalue weighted by Crippen LogP contribution is 2.48. The van der Waals surface area contributed by atoms with E-state index in [0.717, 1.165) is 21.5 Å². The van der Waals surface area contributed by atoms with Crippen molar-refractivity contribution in [2.45, 2.75) is 16.0 Å². The molecule has 1 aliphatic heterocycles. The summed E-state index contributed by atoms with van der Waals surface area (Å²) in [5.74, 6) is 0. The Morgan fingerprint density at radius 1 is 0.947 bits per heavy atom. The number of rotatable bonds is 0. The molecule has 19 heavy (non-hydrogen) atoms. The maximum absolute atomic E-state index is 12.8. The molecule has 0 spiro atoms. The summed E-state index contributed by atoms with van der Waals surface area (Å²) in [5, 5.41) is 0. The van der Waals surface area contributed by atoms with Gasteiger partial charge in [0, 0.05) is 16.8 Å². The second kappa shape index (κ2) is 4.20. The minimum atomic E-state index is -4.31. The van der Waals surface area contributed by atoms with E-state index in [2.05, 4.69) is 0 Å². The van der Waals surface area contributed by atoms with Crippen LogP contribution in [0.4, 0.5) is 24.5 Å². The lowest BCUT2D eigenvalue weighted by Gasteiger charge is -2.29. The number of nitrogens with zero attached hydrogens (tertiary/aromatic N) is 1. The first-order valence-corrected chi connectivity index (χ1v) is 6.50. The Hall–Kier alpha value is -1.62. The van der Waals surface area contributed by atoms with Crippen molar-refractivity contribution in [1.29, 1.82) is 0 Å². The van der Waals surface area contributed by atoms with Crippen LogP contribution in [0.5, 0.6) is 0 Å². The van der Waals surface area contributed by atoms with Crippen molar-refractivity contribution >= 4 is 23.1 Å². The van der Waals surface area contributed by atoms with E-state index in [-0.39, 0.29) is 0 Å². The summed E-state index contributed by atoms with van der Waals surface area (Å²) in [5.41, 5.74) is 0.913. The predicted molar refractivity (Wildman–Crippen MR) is 70.1 cm³/mol. The molecule has 1 aliphatic rings. The van der Waals surface area contributed by atoms with Gasteiger partial charge in [0.15, 0.2) is 0 Å². The number of hydrogen-bond acceptors (Lipinski definition) is 2. The first-order chi connectivity index (χ1) is 8.97. The Morgan fingerprint density at radius 3 is 2.37 bits per heavy atom. The molecule has 1 nitrogen and oxygen atoms in total. The van der Waals surface area contributed by atoms with Crippen LogP contribution in [0.1, 0.15) is 5.56 Å². The minimum absolute atomic E-state index is 0.596. The van der Waals surface area contributed by atoms with Crippen molar-refractivity contribution in [3.05, 3.63) is 48.0 Å². The molecule has 0 saturated heterocycles. The van der Waals surface area contributed by atoms with E-state index in [1.165, 1.54) is 23.9 Å². The number of alkyl halides is 3. The van der Waals surface area contributed by atoms with Gasteiger partial charge in [0.05, 0.1) is 16.9 Å². The molecule has 0 amide bonds. The third-order valence-electron chi connectivity index (χ3n) is 3.09. The predicted octanol–water partition coefficient (Wildman–Crippen LogP) is 4.94. The quantitative estimate of drug-likeness (QED) is 0.673. The highest BCUT2D eigenvalue weighted by atomic mass is 32.2. The molecule has 0 unspecified atom stereocenters. The molecule has 3 rings (SSSR count). The number of anilines is 2. The zero-order chi connectivity index (χ0) is 13.6. The van der Waals surface area contributed by atoms with E-state index in [9.17, 15) is 13.2 Å². The Kier molecular flexibility index (Phi) is 2.74. The summed E-state index contributed by atoms with van der Waals surface area (Å²) in [6.45, 7) is 0. The van der Waals surface area contributed by atoms with Crippen LogP contribution < -0.4 is 4.90 Å². The summed E-state index contributed by atoms with van der Waals surface area (Å²) >= 11 is 1.50. The first kappa shape index (κ1) is 12.4. The zero-order valence-electron chi connectivity index (χ0n) is 10.0. The SMILES string of the molecule is CN1c2ccccc2Sc2ccc(C(F)(F)F)cc21. The third kappa shape index (κ3) is 2.08. The van der Waals surface area contributed by atoms with Crippen molar-refractivity contribution in [3.8, 4) is 0 Å². The molecule has 1 heterocycles. The van der Waals surface area contributed by atoms with Crippen molar-refractivity contribution in [2.75, 3.05) is 11.9 Å². The normalized spacial score (nSPS) is 14.0. The van der Waals surface area contributed by atoms with Crippen molar-refractivity contribution in [2.24, 2.45) is 0 Å². The molecule has 0 radical (unpaired) electrons. The Morgan fingerprint density at radius 2 is 1.63 bits per heavy atom. The molecule has 2 aromatic rings. The molecule has 98 valence electrons. The maximum atomic E-state index is 12.8. The van der Waals surface area contributed by atoms with Crippen LogP contribution in [0.3, 0.4) is 0 Å². The summed E-state index contributed by atoms with van der Waals surface area (Å²) in [6.07, 6.45) is -4.31. The average molecular weight is 281 g/mol. The highest BCUT2D eigenvalue weighted by Gasteiger charge is 2.32. The van der Waals surface area contributed by atoms with E-state index in [4.69, 9.17) is 0 Å². The summed E-state index contributed by atoms with van der Waals surface area (Å²) in [7, 11) is 1.79. The number of hydrogen-bond donors (Lipinski definition) is 0. The van der Waals surface area contributed by atoms with Crippen molar-refractivity contribution in [1.82, 2.24) is 0 Å². The van der Waals surface area contributed by atoms with Crippen LogP contribution in [0.15, 0.2) is 52.3 Å². The number of halogens is 3. The molecule has 0 N–H and O–H groups in total. The second-order valence-electron chi connectivity index (χ2n) is 4.31. The van der Waals surface area contributed by atoms with Crippen LogP contribution in [0.25, 0.3) is 0 Å². The van der Waals surface area contributed by atoms with Gasteiger partial charge in [-0.25, -0.2) is 0 Å². The zero-order valence-corrected chi connectivity index (χ0v) is 10.8. The van der Waals surface area contributed by atoms with Gasteiger partial charge in [-0.1, -0.05) is 23.9 Å². The monoisotopic (exact) mass is 281 g/mol. The van der Waals surface area contributed by atoms with E-state index >= 15 is 0 Å². The van der Waals surface area contributed by atoms with Gasteiger partial charge in [-0.3, -0.25) is 0 Å². The smallest absolute Gasteiger partial charge is 0.343 e. The average Bonchev–Trinajstić information content (AvgIpc) is 2.37. The molecular weight excluding hydrogens is 271 g/mol. The van der Waals surface area contributed by atoms with E-state index in [0.29, 0.717) is 5.69 Å². The van der Waals surface area contributed by atoms with Gasteiger partial charge >= 0.3 is 6.18 Å². The summed E-state index contributed by atoms with van der Waals surface area (Å²) in [6, 6.07) is 11.6. The third-order valence-corrected chi connectivity index (χ3v) is 4.22. The maximum Gasteiger partial charge on any atom is 0.416 e. The Labute approximate surface area is 113 Å². The van der Waals surface area contributed by atoms with Gasteiger partial charge in [-0.2, -0.15) is 13.2 Å². The van der Waals surface area contributed by atoms with Gasteiger partial charge < -0.3 is 4.90 Å². The summed E-state index contributed by atoms with van der Waals surface area (Å²) < 4.78 is 38.3.